The molecule has 0 aliphatic rings. The Morgan fingerprint density at radius 2 is 1.56 bits per heavy atom. The van der Waals surface area contributed by atoms with Gasteiger partial charge >= 0.3 is 49.7 Å². The second-order valence-electron chi connectivity index (χ2n) is 1.19. The predicted octanol–water partition coefficient (Wildman–Crippen LogP) is 3.18. The molecule has 0 saturated carbocycles. The zero-order chi connectivity index (χ0) is 7.70. The minimum atomic E-state index is -0.576. The maximum atomic E-state index is 8.73. The Morgan fingerprint density at radius 1 is 1.33 bits per heavy atom. The Kier molecular flexibility index (Phi) is 20.5. The topological polar surface area (TPSA) is 20.2 Å². The summed E-state index contributed by atoms with van der Waals surface area (Å²) in [6.45, 7) is 4.02. The van der Waals surface area contributed by atoms with Gasteiger partial charge in [-0.15, -0.1) is 0 Å². The van der Waals surface area contributed by atoms with E-state index in [1.807, 2.05) is 13.8 Å². The first kappa shape index (κ1) is 14.0. The number of halogens is 2. The SMILES string of the molecule is CCP(O)CC.[I][Ir][I]. The zero-order valence-corrected chi connectivity index (χ0v) is 13.0. The summed E-state index contributed by atoms with van der Waals surface area (Å²) in [7, 11) is -0.136. The molecule has 1 N–H and O–H groups in total. The van der Waals surface area contributed by atoms with E-state index in [1.165, 1.54) is 0 Å². The van der Waals surface area contributed by atoms with Crippen LogP contribution in [0.3, 0.4) is 0 Å². The van der Waals surface area contributed by atoms with Gasteiger partial charge in [0, 0.05) is 8.15 Å². The van der Waals surface area contributed by atoms with E-state index in [9.17, 15) is 0 Å². The molecule has 0 aromatic carbocycles. The van der Waals surface area contributed by atoms with Crippen molar-refractivity contribution in [2.75, 3.05) is 12.3 Å². The molecule has 0 fully saturated rings. The average Bonchev–Trinajstić information content (AvgIpc) is 1.88. The van der Waals surface area contributed by atoms with Gasteiger partial charge in [0.2, 0.25) is 0 Å². The maximum absolute atomic E-state index is 8.73. The van der Waals surface area contributed by atoms with Gasteiger partial charge in [-0.3, -0.25) is 0 Å². The zero-order valence-electron chi connectivity index (χ0n) is 5.40. The normalized spacial score (nSPS) is 9.11. The summed E-state index contributed by atoms with van der Waals surface area (Å²) in [6, 6.07) is 0. The third-order valence-electron chi connectivity index (χ3n) is 0.730. The summed E-state index contributed by atoms with van der Waals surface area (Å²) in [4.78, 5) is 8.73. The molecule has 61 valence electrons. The van der Waals surface area contributed by atoms with Crippen molar-refractivity contribution in [2.24, 2.45) is 0 Å². The van der Waals surface area contributed by atoms with Gasteiger partial charge < -0.3 is 4.89 Å². The minimum absolute atomic E-state index is 0.440. The van der Waals surface area contributed by atoms with Crippen LogP contribution in [0.5, 0.6) is 0 Å². The molecule has 9 heavy (non-hydrogen) atoms. The van der Waals surface area contributed by atoms with Gasteiger partial charge in [-0.05, 0) is 12.3 Å². The van der Waals surface area contributed by atoms with Crippen LogP contribution in [0.15, 0.2) is 0 Å². The van der Waals surface area contributed by atoms with Crippen LogP contribution in [0.2, 0.25) is 0 Å². The molecule has 0 rings (SSSR count). The molecule has 0 radical (unpaired) electrons. The Bertz CT molecular complexity index is 45.5. The first-order valence-electron chi connectivity index (χ1n) is 2.50. The fraction of sp³-hybridized carbons (Fsp3) is 1.00. The first-order valence-corrected chi connectivity index (χ1v) is 17.7. The molecule has 0 amide bonds. The second kappa shape index (κ2) is 13.1. The second-order valence-corrected chi connectivity index (χ2v) is 21.0. The van der Waals surface area contributed by atoms with E-state index >= 15 is 0 Å². The van der Waals surface area contributed by atoms with Gasteiger partial charge in [-0.1, -0.05) is 13.8 Å². The van der Waals surface area contributed by atoms with Crippen molar-refractivity contribution in [3.05, 3.63) is 0 Å². The molecule has 5 heteroatoms. The fourth-order valence-corrected chi connectivity index (χ4v) is 0.671. The molecule has 0 heterocycles. The first-order chi connectivity index (χ1) is 4.22. The average molecular weight is 552 g/mol. The van der Waals surface area contributed by atoms with E-state index in [-0.39, 0.29) is 0 Å². The van der Waals surface area contributed by atoms with Crippen LogP contribution in [0.25, 0.3) is 0 Å². The summed E-state index contributed by atoms with van der Waals surface area (Å²) in [5.41, 5.74) is 0. The molecule has 0 aromatic rings. The van der Waals surface area contributed by atoms with Crippen LogP contribution in [0.4, 0.5) is 0 Å². The summed E-state index contributed by atoms with van der Waals surface area (Å²) >= 11 is 4.80. The van der Waals surface area contributed by atoms with Crippen LogP contribution >= 0.6 is 47.3 Å². The van der Waals surface area contributed by atoms with E-state index < -0.39 is 8.15 Å². The van der Waals surface area contributed by atoms with Crippen molar-refractivity contribution in [3.8, 4) is 0 Å². The standard InChI is InChI=1S/C4H11OP.2HI.Ir/c1-3-6(5)4-2;;;/h5H,3-4H2,1-2H3;2*1H;/q;;;+2/p-2. The third-order valence-corrected chi connectivity index (χ3v) is 2.19. The van der Waals surface area contributed by atoms with Crippen molar-refractivity contribution in [3.63, 3.8) is 0 Å². The van der Waals surface area contributed by atoms with Gasteiger partial charge in [-0.25, -0.2) is 0 Å². The van der Waals surface area contributed by atoms with Gasteiger partial charge in [-0.2, -0.15) is 0 Å². The van der Waals surface area contributed by atoms with Crippen LogP contribution in [-0.2, 0) is 10.5 Å². The molecule has 0 aliphatic carbocycles. The molecule has 0 bridgehead atoms. The predicted molar refractivity (Wildman–Crippen MR) is 58.3 cm³/mol. The van der Waals surface area contributed by atoms with E-state index in [4.69, 9.17) is 4.89 Å². The van der Waals surface area contributed by atoms with Crippen LogP contribution in [-0.4, -0.2) is 17.2 Å². The van der Waals surface area contributed by atoms with E-state index in [0.29, 0.717) is 10.5 Å². The summed E-state index contributed by atoms with van der Waals surface area (Å²) in [6.07, 6.45) is 1.90. The van der Waals surface area contributed by atoms with Crippen molar-refractivity contribution in [1.29, 1.82) is 0 Å². The molecule has 0 aromatic heterocycles. The summed E-state index contributed by atoms with van der Waals surface area (Å²) in [5.74, 6) is 0. The Morgan fingerprint density at radius 3 is 1.56 bits per heavy atom. The Balaban J connectivity index is 0. The van der Waals surface area contributed by atoms with Crippen LogP contribution in [0, 0.1) is 0 Å². The van der Waals surface area contributed by atoms with Crippen molar-refractivity contribution in [1.82, 2.24) is 0 Å². The third kappa shape index (κ3) is 18.0. The molecule has 0 saturated heterocycles. The monoisotopic (exact) mass is 553 g/mol. The molecular formula is C4H11I2IrOP. The van der Waals surface area contributed by atoms with Crippen molar-refractivity contribution in [2.45, 2.75) is 13.8 Å². The number of rotatable bonds is 2. The Labute approximate surface area is 87.6 Å². The van der Waals surface area contributed by atoms with Crippen LogP contribution < -0.4 is 0 Å². The van der Waals surface area contributed by atoms with Gasteiger partial charge in [0.1, 0.15) is 0 Å². The van der Waals surface area contributed by atoms with Crippen molar-refractivity contribution >= 4 is 47.3 Å². The number of hydrogen-bond donors (Lipinski definition) is 1. The molecule has 0 unspecified atom stereocenters. The molecule has 1 nitrogen and oxygen atoms in total. The van der Waals surface area contributed by atoms with E-state index in [0.717, 1.165) is 12.3 Å². The molecule has 0 spiro atoms. The van der Waals surface area contributed by atoms with E-state index in [1.54, 1.807) is 0 Å². The summed E-state index contributed by atoms with van der Waals surface area (Å²) in [5, 5.41) is 0. The Hall–Kier alpha value is 2.50. The number of hydrogen-bond acceptors (Lipinski definition) is 1. The summed E-state index contributed by atoms with van der Waals surface area (Å²) < 4.78 is 0. The molecular weight excluding hydrogens is 541 g/mol. The van der Waals surface area contributed by atoms with Crippen LogP contribution in [0.1, 0.15) is 13.8 Å². The van der Waals surface area contributed by atoms with Crippen molar-refractivity contribution < 1.29 is 15.4 Å². The van der Waals surface area contributed by atoms with Gasteiger partial charge in [0.05, 0.1) is 0 Å². The van der Waals surface area contributed by atoms with E-state index in [2.05, 4.69) is 39.2 Å². The molecule has 0 atom stereocenters. The molecule has 0 aliphatic heterocycles. The fourth-order valence-electron chi connectivity index (χ4n) is 0.224. The van der Waals surface area contributed by atoms with Gasteiger partial charge in [0.25, 0.3) is 0 Å². The van der Waals surface area contributed by atoms with Gasteiger partial charge in [0.15, 0.2) is 0 Å². The quantitative estimate of drug-likeness (QED) is 0.413.